The number of nitrogens with zero attached hydrogens (tertiary/aromatic N) is 4. The van der Waals surface area contributed by atoms with Crippen molar-refractivity contribution in [3.63, 3.8) is 0 Å². The van der Waals surface area contributed by atoms with Crippen LogP contribution in [0.2, 0.25) is 0 Å². The van der Waals surface area contributed by atoms with Gasteiger partial charge < -0.3 is 14.8 Å². The minimum absolute atomic E-state index is 0.0829. The zero-order chi connectivity index (χ0) is 29.5. The molecule has 0 saturated carbocycles. The van der Waals surface area contributed by atoms with E-state index in [1.165, 1.54) is 4.68 Å². The molecule has 0 aliphatic heterocycles. The van der Waals surface area contributed by atoms with Gasteiger partial charge in [0.2, 0.25) is 0 Å². The van der Waals surface area contributed by atoms with Crippen molar-refractivity contribution >= 4 is 11.9 Å². The molecule has 11 nitrogen and oxygen atoms in total. The van der Waals surface area contributed by atoms with Crippen molar-refractivity contribution in [2.24, 2.45) is 0 Å². The van der Waals surface area contributed by atoms with E-state index < -0.39 is 23.6 Å². The largest absolute Gasteiger partial charge is 0.481 e. The number of aromatic amines is 1. The van der Waals surface area contributed by atoms with Gasteiger partial charge in [0, 0.05) is 24.4 Å². The Morgan fingerprint density at radius 2 is 1.74 bits per heavy atom. The van der Waals surface area contributed by atoms with Gasteiger partial charge in [-0.05, 0) is 46.0 Å². The Balaban J connectivity index is 1.34. The molecule has 1 atom stereocenters. The molecule has 0 saturated heterocycles. The number of amides is 1. The molecule has 3 aromatic carbocycles. The number of aromatic nitrogens is 5. The number of nitrogens with one attached hydrogen (secondary N) is 2. The van der Waals surface area contributed by atoms with E-state index in [2.05, 4.69) is 25.8 Å². The molecule has 5 aromatic rings. The van der Waals surface area contributed by atoms with E-state index in [-0.39, 0.29) is 12.3 Å². The summed E-state index contributed by atoms with van der Waals surface area (Å²) in [5.74, 6) is -1.01. The number of aliphatic carboxylic acids is 1. The maximum absolute atomic E-state index is 13.1. The number of benzene rings is 3. The highest BCUT2D eigenvalue weighted by molar-refractivity contribution is 5.90. The van der Waals surface area contributed by atoms with E-state index in [9.17, 15) is 19.5 Å². The molecule has 0 aliphatic rings. The number of carboxylic acid groups (broad SMARTS) is 1. The lowest BCUT2D eigenvalue weighted by atomic mass is 10.00. The van der Waals surface area contributed by atoms with Gasteiger partial charge in [-0.3, -0.25) is 9.59 Å². The third-order valence-corrected chi connectivity index (χ3v) is 6.77. The first kappa shape index (κ1) is 28.2. The quantitative estimate of drug-likeness (QED) is 0.205. The predicted molar refractivity (Wildman–Crippen MR) is 154 cm³/mol. The fraction of sp³-hybridized carbons (Fsp3) is 0.226. The Morgan fingerprint density at radius 1 is 1.00 bits per heavy atom. The molecule has 0 radical (unpaired) electrons. The smallest absolute Gasteiger partial charge is 0.365 e. The third kappa shape index (κ3) is 6.69. The van der Waals surface area contributed by atoms with Gasteiger partial charge in [-0.1, -0.05) is 79.7 Å². The van der Waals surface area contributed by atoms with Crippen LogP contribution in [0.1, 0.15) is 53.0 Å². The van der Waals surface area contributed by atoms with Crippen LogP contribution in [0.5, 0.6) is 0 Å². The van der Waals surface area contributed by atoms with Gasteiger partial charge in [0.15, 0.2) is 0 Å². The number of oxazole rings is 1. The zero-order valence-corrected chi connectivity index (χ0v) is 23.0. The number of rotatable bonds is 12. The maximum Gasteiger partial charge on any atom is 0.365 e. The van der Waals surface area contributed by atoms with E-state index in [0.717, 1.165) is 28.7 Å². The second-order valence-electron chi connectivity index (χ2n) is 9.91. The lowest BCUT2D eigenvalue weighted by Gasteiger charge is -2.16. The first-order valence-corrected chi connectivity index (χ1v) is 13.7. The normalized spacial score (nSPS) is 11.7. The summed E-state index contributed by atoms with van der Waals surface area (Å²) in [4.78, 5) is 41.2. The molecular weight excluding hydrogens is 536 g/mol. The highest BCUT2D eigenvalue weighted by Gasteiger charge is 2.23. The third-order valence-electron chi connectivity index (χ3n) is 6.77. The Hall–Kier alpha value is -5.32. The molecular formula is C31H30N6O5. The summed E-state index contributed by atoms with van der Waals surface area (Å²) in [6.45, 7) is 2.02. The summed E-state index contributed by atoms with van der Waals surface area (Å²) in [5.41, 5.74) is 4.42. The van der Waals surface area contributed by atoms with E-state index >= 15 is 0 Å². The standard InChI is InChI=1S/C31H30N6O5/c1-2-8-27-25(33-30(42-27)29(40)32-23(19-28(38)39)17-20-9-4-3-5-10-20)18-21-13-15-22(16-14-21)24-11-6-7-12-26(24)37-31(41)34-35-36-37/h3-7,9-16,23H,2,8,17-19H2,1H3,(H,32,40)(H,38,39)(H,34,36,41). The van der Waals surface area contributed by atoms with Crippen molar-refractivity contribution in [1.29, 1.82) is 0 Å². The molecule has 11 heteroatoms. The van der Waals surface area contributed by atoms with Crippen LogP contribution >= 0.6 is 0 Å². The van der Waals surface area contributed by atoms with Gasteiger partial charge in [0.1, 0.15) is 5.76 Å². The SMILES string of the molecule is CCCc1oc(C(=O)NC(CC(=O)O)Cc2ccccc2)nc1Cc1ccc(-c2ccccc2-n2nn[nH]c2=O)cc1. The van der Waals surface area contributed by atoms with E-state index in [0.29, 0.717) is 36.4 Å². The minimum atomic E-state index is -1.00. The number of H-pyrrole nitrogens is 1. The molecule has 2 heterocycles. The van der Waals surface area contributed by atoms with E-state index in [4.69, 9.17) is 4.42 Å². The van der Waals surface area contributed by atoms with Crippen LogP contribution in [0.3, 0.4) is 0 Å². The summed E-state index contributed by atoms with van der Waals surface area (Å²) < 4.78 is 7.10. The second-order valence-corrected chi connectivity index (χ2v) is 9.91. The van der Waals surface area contributed by atoms with Crippen molar-refractivity contribution < 1.29 is 19.1 Å². The molecule has 5 rings (SSSR count). The molecule has 0 spiro atoms. The molecule has 42 heavy (non-hydrogen) atoms. The van der Waals surface area contributed by atoms with Gasteiger partial charge in [-0.2, -0.15) is 4.68 Å². The molecule has 2 aromatic heterocycles. The molecule has 0 fully saturated rings. The number of carboxylic acids is 1. The highest BCUT2D eigenvalue weighted by Crippen LogP contribution is 2.27. The van der Waals surface area contributed by atoms with Crippen LogP contribution in [0, 0.1) is 0 Å². The first-order chi connectivity index (χ1) is 20.4. The van der Waals surface area contributed by atoms with Gasteiger partial charge in [-0.25, -0.2) is 14.9 Å². The summed E-state index contributed by atoms with van der Waals surface area (Å²) in [7, 11) is 0. The van der Waals surface area contributed by atoms with Crippen molar-refractivity contribution in [2.75, 3.05) is 0 Å². The van der Waals surface area contributed by atoms with Crippen LogP contribution in [0.4, 0.5) is 0 Å². The summed E-state index contributed by atoms with van der Waals surface area (Å²) in [6, 6.07) is 24.0. The number of hydrogen-bond acceptors (Lipinski definition) is 7. The Bertz CT molecular complexity index is 1720. The fourth-order valence-electron chi connectivity index (χ4n) is 4.83. The van der Waals surface area contributed by atoms with Gasteiger partial charge >= 0.3 is 17.6 Å². The van der Waals surface area contributed by atoms with E-state index in [1.807, 2.05) is 79.7 Å². The number of carbonyl (C=O) groups is 2. The number of aryl methyl sites for hydroxylation is 1. The molecule has 0 bridgehead atoms. The summed E-state index contributed by atoms with van der Waals surface area (Å²) in [5, 5.41) is 21.9. The monoisotopic (exact) mass is 566 g/mol. The topological polar surface area (TPSA) is 156 Å². The number of para-hydroxylation sites is 1. The van der Waals surface area contributed by atoms with Crippen LogP contribution in [-0.2, 0) is 24.1 Å². The zero-order valence-electron chi connectivity index (χ0n) is 23.0. The molecule has 1 unspecified atom stereocenters. The Labute approximate surface area is 241 Å². The number of hydrogen-bond donors (Lipinski definition) is 3. The summed E-state index contributed by atoms with van der Waals surface area (Å²) >= 11 is 0. The molecule has 3 N–H and O–H groups in total. The lowest BCUT2D eigenvalue weighted by molar-refractivity contribution is -0.137. The van der Waals surface area contributed by atoms with Gasteiger partial charge in [-0.15, -0.1) is 0 Å². The number of carbonyl (C=O) groups excluding carboxylic acids is 1. The first-order valence-electron chi connectivity index (χ1n) is 13.7. The fourth-order valence-corrected chi connectivity index (χ4v) is 4.83. The maximum atomic E-state index is 13.1. The van der Waals surface area contributed by atoms with Gasteiger partial charge in [0.05, 0.1) is 17.8 Å². The second kappa shape index (κ2) is 12.9. The predicted octanol–water partition coefficient (Wildman–Crippen LogP) is 3.97. The Kier molecular flexibility index (Phi) is 8.67. The van der Waals surface area contributed by atoms with Crippen LogP contribution in [0.25, 0.3) is 16.8 Å². The van der Waals surface area contributed by atoms with Crippen molar-refractivity contribution in [3.05, 3.63) is 118 Å². The van der Waals surface area contributed by atoms with Crippen molar-refractivity contribution in [2.45, 2.75) is 45.1 Å². The Morgan fingerprint density at radius 3 is 2.43 bits per heavy atom. The average molecular weight is 567 g/mol. The summed E-state index contributed by atoms with van der Waals surface area (Å²) in [6.07, 6.45) is 2.00. The lowest BCUT2D eigenvalue weighted by Crippen LogP contribution is -2.38. The molecule has 0 aliphatic carbocycles. The van der Waals surface area contributed by atoms with Crippen LogP contribution < -0.4 is 11.0 Å². The molecule has 1 amide bonds. The van der Waals surface area contributed by atoms with Crippen molar-refractivity contribution in [1.82, 2.24) is 30.5 Å². The van der Waals surface area contributed by atoms with Gasteiger partial charge in [0.25, 0.3) is 5.89 Å². The molecule has 214 valence electrons. The average Bonchev–Trinajstić information content (AvgIpc) is 3.59. The van der Waals surface area contributed by atoms with Crippen LogP contribution in [-0.4, -0.2) is 48.2 Å². The van der Waals surface area contributed by atoms with Crippen molar-refractivity contribution in [3.8, 4) is 16.8 Å². The van der Waals surface area contributed by atoms with Crippen LogP contribution in [0.15, 0.2) is 88.1 Å². The minimum Gasteiger partial charge on any atom is -0.481 e. The highest BCUT2D eigenvalue weighted by atomic mass is 16.4. The van der Waals surface area contributed by atoms with E-state index in [1.54, 1.807) is 6.07 Å². The number of tetrazole rings is 1.